The number of rotatable bonds is 2. The molecule has 2 aliphatic carbocycles. The van der Waals surface area contributed by atoms with Crippen LogP contribution >= 0.6 is 0 Å². The molecule has 0 amide bonds. The lowest BCUT2D eigenvalue weighted by Gasteiger charge is -2.52. The molecular formula is C10H16N2. The Morgan fingerprint density at radius 3 is 2.25 bits per heavy atom. The summed E-state index contributed by atoms with van der Waals surface area (Å²) < 4.78 is 0. The highest BCUT2D eigenvalue weighted by atomic mass is 15.1. The molecular weight excluding hydrogens is 148 g/mol. The zero-order valence-electron chi connectivity index (χ0n) is 7.85. The van der Waals surface area contributed by atoms with Crippen molar-refractivity contribution in [2.45, 2.75) is 51.1 Å². The van der Waals surface area contributed by atoms with Gasteiger partial charge in [0.05, 0.1) is 6.07 Å². The van der Waals surface area contributed by atoms with Gasteiger partial charge >= 0.3 is 0 Å². The third-order valence-corrected chi connectivity index (χ3v) is 3.50. The second-order valence-electron chi connectivity index (χ2n) is 4.82. The summed E-state index contributed by atoms with van der Waals surface area (Å²) >= 11 is 0. The summed E-state index contributed by atoms with van der Waals surface area (Å²) in [5, 5.41) is 12.6. The second-order valence-corrected chi connectivity index (χ2v) is 4.82. The van der Waals surface area contributed by atoms with Gasteiger partial charge in [0.25, 0.3) is 0 Å². The molecule has 2 rings (SSSR count). The minimum absolute atomic E-state index is 0.185. The lowest BCUT2D eigenvalue weighted by Crippen LogP contribution is -2.63. The Labute approximate surface area is 74.0 Å². The van der Waals surface area contributed by atoms with Crippen molar-refractivity contribution in [1.82, 2.24) is 5.32 Å². The number of hydrogen-bond donors (Lipinski definition) is 1. The molecule has 0 heterocycles. The van der Waals surface area contributed by atoms with Gasteiger partial charge in [-0.1, -0.05) is 13.8 Å². The molecule has 1 unspecified atom stereocenters. The zero-order valence-corrected chi connectivity index (χ0v) is 7.85. The minimum atomic E-state index is -0.200. The minimum Gasteiger partial charge on any atom is -0.296 e. The van der Waals surface area contributed by atoms with Gasteiger partial charge < -0.3 is 0 Å². The molecule has 2 aliphatic rings. The first kappa shape index (κ1) is 8.07. The predicted molar refractivity (Wildman–Crippen MR) is 47.5 cm³/mol. The van der Waals surface area contributed by atoms with E-state index in [4.69, 9.17) is 5.26 Å². The van der Waals surface area contributed by atoms with E-state index in [9.17, 15) is 0 Å². The van der Waals surface area contributed by atoms with E-state index in [0.717, 1.165) is 6.42 Å². The fourth-order valence-corrected chi connectivity index (χ4v) is 1.96. The Hall–Kier alpha value is -0.550. The highest BCUT2D eigenvalue weighted by Gasteiger charge is 2.55. The van der Waals surface area contributed by atoms with Crippen LogP contribution in [0.3, 0.4) is 0 Å². The summed E-state index contributed by atoms with van der Waals surface area (Å²) in [6.45, 7) is 4.38. The van der Waals surface area contributed by atoms with Crippen LogP contribution in [0.4, 0.5) is 0 Å². The number of nitrogens with zero attached hydrogens (tertiary/aromatic N) is 1. The molecule has 2 heteroatoms. The first-order chi connectivity index (χ1) is 5.60. The first-order valence-electron chi connectivity index (χ1n) is 4.79. The van der Waals surface area contributed by atoms with Crippen molar-refractivity contribution < 1.29 is 0 Å². The Balaban J connectivity index is 2.09. The van der Waals surface area contributed by atoms with Crippen molar-refractivity contribution in [1.29, 1.82) is 5.26 Å². The fourth-order valence-electron chi connectivity index (χ4n) is 1.96. The molecule has 12 heavy (non-hydrogen) atoms. The van der Waals surface area contributed by atoms with E-state index in [1.54, 1.807) is 0 Å². The van der Waals surface area contributed by atoms with Crippen LogP contribution in [-0.2, 0) is 0 Å². The van der Waals surface area contributed by atoms with E-state index in [-0.39, 0.29) is 11.0 Å². The topological polar surface area (TPSA) is 35.8 Å². The molecule has 0 saturated heterocycles. The summed E-state index contributed by atoms with van der Waals surface area (Å²) in [6.07, 6.45) is 4.74. The van der Waals surface area contributed by atoms with Crippen molar-refractivity contribution in [3.8, 4) is 6.07 Å². The van der Waals surface area contributed by atoms with Crippen LogP contribution in [0.25, 0.3) is 0 Å². The maximum Gasteiger partial charge on any atom is 0.112 e. The number of nitrogens with one attached hydrogen (secondary N) is 1. The molecule has 1 atom stereocenters. The quantitative estimate of drug-likeness (QED) is 0.675. The SMILES string of the molecule is CC1(C)CCC1(C#N)NC1CC1. The molecule has 66 valence electrons. The second kappa shape index (κ2) is 2.23. The van der Waals surface area contributed by atoms with E-state index in [1.165, 1.54) is 19.3 Å². The fraction of sp³-hybridized carbons (Fsp3) is 0.900. The molecule has 0 bridgehead atoms. The van der Waals surface area contributed by atoms with Crippen molar-refractivity contribution >= 4 is 0 Å². The molecule has 2 nitrogen and oxygen atoms in total. The van der Waals surface area contributed by atoms with E-state index in [2.05, 4.69) is 25.2 Å². The van der Waals surface area contributed by atoms with Crippen LogP contribution in [0.2, 0.25) is 0 Å². The maximum atomic E-state index is 9.14. The van der Waals surface area contributed by atoms with Gasteiger partial charge in [-0.15, -0.1) is 0 Å². The summed E-state index contributed by atoms with van der Waals surface area (Å²) in [5.41, 5.74) is -0.0154. The molecule has 2 fully saturated rings. The largest absolute Gasteiger partial charge is 0.296 e. The van der Waals surface area contributed by atoms with Crippen LogP contribution in [0.5, 0.6) is 0 Å². The Morgan fingerprint density at radius 2 is 2.00 bits per heavy atom. The third kappa shape index (κ3) is 0.964. The molecule has 0 spiro atoms. The van der Waals surface area contributed by atoms with E-state index >= 15 is 0 Å². The van der Waals surface area contributed by atoms with E-state index in [1.807, 2.05) is 0 Å². The Morgan fingerprint density at radius 1 is 1.33 bits per heavy atom. The van der Waals surface area contributed by atoms with Crippen molar-refractivity contribution in [3.05, 3.63) is 0 Å². The maximum absolute atomic E-state index is 9.14. The summed E-state index contributed by atoms with van der Waals surface area (Å²) in [5.74, 6) is 0. The standard InChI is InChI=1S/C10H16N2/c1-9(2)5-6-10(9,7-11)12-8-3-4-8/h8,12H,3-6H2,1-2H3. The molecule has 2 saturated carbocycles. The van der Waals surface area contributed by atoms with Gasteiger partial charge in [0.1, 0.15) is 5.54 Å². The van der Waals surface area contributed by atoms with E-state index in [0.29, 0.717) is 6.04 Å². The van der Waals surface area contributed by atoms with Crippen LogP contribution in [0.1, 0.15) is 39.5 Å². The smallest absolute Gasteiger partial charge is 0.112 e. The van der Waals surface area contributed by atoms with Gasteiger partial charge in [-0.25, -0.2) is 0 Å². The van der Waals surface area contributed by atoms with Gasteiger partial charge in [-0.05, 0) is 31.1 Å². The Bertz CT molecular complexity index is 235. The molecule has 0 aromatic rings. The summed E-state index contributed by atoms with van der Waals surface area (Å²) in [4.78, 5) is 0. The monoisotopic (exact) mass is 164 g/mol. The average Bonchev–Trinajstić information content (AvgIpc) is 2.81. The highest BCUT2D eigenvalue weighted by Crippen LogP contribution is 2.50. The molecule has 0 radical (unpaired) electrons. The van der Waals surface area contributed by atoms with Gasteiger partial charge in [0, 0.05) is 6.04 Å². The lowest BCUT2D eigenvalue weighted by molar-refractivity contribution is 0.0460. The van der Waals surface area contributed by atoms with Crippen LogP contribution < -0.4 is 5.32 Å². The van der Waals surface area contributed by atoms with Crippen molar-refractivity contribution in [2.24, 2.45) is 5.41 Å². The number of nitriles is 1. The van der Waals surface area contributed by atoms with Gasteiger partial charge in [-0.2, -0.15) is 5.26 Å². The number of hydrogen-bond acceptors (Lipinski definition) is 2. The molecule has 0 aliphatic heterocycles. The first-order valence-corrected chi connectivity index (χ1v) is 4.79. The van der Waals surface area contributed by atoms with E-state index < -0.39 is 0 Å². The zero-order chi connectivity index (χ0) is 8.82. The summed E-state index contributed by atoms with van der Waals surface area (Å²) in [7, 11) is 0. The molecule has 1 N–H and O–H groups in total. The third-order valence-electron chi connectivity index (χ3n) is 3.50. The summed E-state index contributed by atoms with van der Waals surface area (Å²) in [6, 6.07) is 3.11. The average molecular weight is 164 g/mol. The lowest BCUT2D eigenvalue weighted by atomic mass is 9.57. The van der Waals surface area contributed by atoms with Gasteiger partial charge in [0.2, 0.25) is 0 Å². The van der Waals surface area contributed by atoms with Gasteiger partial charge in [0.15, 0.2) is 0 Å². The van der Waals surface area contributed by atoms with Crippen LogP contribution in [0.15, 0.2) is 0 Å². The molecule has 0 aromatic carbocycles. The van der Waals surface area contributed by atoms with Crippen molar-refractivity contribution in [3.63, 3.8) is 0 Å². The van der Waals surface area contributed by atoms with Crippen LogP contribution in [0, 0.1) is 16.7 Å². The van der Waals surface area contributed by atoms with Crippen LogP contribution in [-0.4, -0.2) is 11.6 Å². The molecule has 0 aromatic heterocycles. The Kier molecular flexibility index (Phi) is 1.50. The predicted octanol–water partition coefficient (Wildman–Crippen LogP) is 1.82. The highest BCUT2D eigenvalue weighted by molar-refractivity contribution is 5.23. The normalized spacial score (nSPS) is 38.4. The van der Waals surface area contributed by atoms with Gasteiger partial charge in [-0.3, -0.25) is 5.32 Å². The van der Waals surface area contributed by atoms with Crippen molar-refractivity contribution in [2.75, 3.05) is 0 Å².